The lowest BCUT2D eigenvalue weighted by molar-refractivity contribution is -0.121. The minimum Gasteiger partial charge on any atom is -0.467 e. The highest BCUT2D eigenvalue weighted by molar-refractivity contribution is 5.84. The normalized spacial score (nSPS) is 12.2. The van der Waals surface area contributed by atoms with Crippen molar-refractivity contribution in [2.45, 2.75) is 32.9 Å². The highest BCUT2D eigenvalue weighted by Crippen LogP contribution is 2.14. The molecule has 0 fully saturated rings. The molecule has 2 aromatic heterocycles. The van der Waals surface area contributed by atoms with Crippen LogP contribution in [0.25, 0.3) is 0 Å². The molecule has 0 aliphatic heterocycles. The Morgan fingerprint density at radius 1 is 1.55 bits per heavy atom. The van der Waals surface area contributed by atoms with Crippen molar-refractivity contribution in [3.05, 3.63) is 36.0 Å². The van der Waals surface area contributed by atoms with Gasteiger partial charge in [-0.3, -0.25) is 9.48 Å². The lowest BCUT2D eigenvalue weighted by Crippen LogP contribution is -2.37. The van der Waals surface area contributed by atoms with E-state index in [1.165, 1.54) is 0 Å². The Kier molecular flexibility index (Phi) is 4.45. The molecule has 2 N–H and O–H groups in total. The Bertz CT molecular complexity index is 560. The third-order valence-corrected chi connectivity index (χ3v) is 3.02. The molecule has 6 heteroatoms. The molecule has 6 nitrogen and oxygen atoms in total. The molecular formula is C14H20N4O2. The Balaban J connectivity index is 1.90. The number of nitrogens with one attached hydrogen (secondary N) is 2. The summed E-state index contributed by atoms with van der Waals surface area (Å²) in [6.07, 6.45) is 4.30. The van der Waals surface area contributed by atoms with E-state index in [-0.39, 0.29) is 11.9 Å². The fourth-order valence-corrected chi connectivity index (χ4v) is 1.96. The van der Waals surface area contributed by atoms with Gasteiger partial charge in [-0.1, -0.05) is 6.92 Å². The summed E-state index contributed by atoms with van der Waals surface area (Å²) >= 11 is 0. The smallest absolute Gasteiger partial charge is 0.242 e. The van der Waals surface area contributed by atoms with Crippen LogP contribution in [-0.4, -0.2) is 21.7 Å². The van der Waals surface area contributed by atoms with E-state index in [1.54, 1.807) is 17.0 Å². The molecule has 0 aliphatic carbocycles. The van der Waals surface area contributed by atoms with Gasteiger partial charge >= 0.3 is 0 Å². The molecule has 1 unspecified atom stereocenters. The zero-order valence-corrected chi connectivity index (χ0v) is 12.0. The number of carbonyl (C=O) groups is 1. The van der Waals surface area contributed by atoms with Crippen molar-refractivity contribution in [3.63, 3.8) is 0 Å². The van der Waals surface area contributed by atoms with Crippen LogP contribution in [0, 0.1) is 0 Å². The zero-order valence-electron chi connectivity index (χ0n) is 12.0. The fourth-order valence-electron chi connectivity index (χ4n) is 1.96. The largest absolute Gasteiger partial charge is 0.467 e. The zero-order chi connectivity index (χ0) is 14.5. The third kappa shape index (κ3) is 3.40. The summed E-state index contributed by atoms with van der Waals surface area (Å²) in [7, 11) is 1.87. The van der Waals surface area contributed by atoms with E-state index in [4.69, 9.17) is 4.42 Å². The average molecular weight is 276 g/mol. The number of anilines is 1. The van der Waals surface area contributed by atoms with Crippen LogP contribution in [0.15, 0.2) is 29.0 Å². The van der Waals surface area contributed by atoms with Crippen molar-refractivity contribution in [1.29, 1.82) is 0 Å². The summed E-state index contributed by atoms with van der Waals surface area (Å²) in [5, 5.41) is 10.3. The first-order valence-electron chi connectivity index (χ1n) is 6.69. The Morgan fingerprint density at radius 2 is 2.35 bits per heavy atom. The first-order valence-corrected chi connectivity index (χ1v) is 6.69. The Hall–Kier alpha value is -2.24. The van der Waals surface area contributed by atoms with E-state index in [1.807, 2.05) is 33.2 Å². The van der Waals surface area contributed by atoms with Gasteiger partial charge in [-0.15, -0.1) is 0 Å². The number of hydrogen-bond donors (Lipinski definition) is 2. The average Bonchev–Trinajstić information content (AvgIpc) is 3.05. The summed E-state index contributed by atoms with van der Waals surface area (Å²) < 4.78 is 6.92. The summed E-state index contributed by atoms with van der Waals surface area (Å²) in [4.78, 5) is 12.0. The predicted molar refractivity (Wildman–Crippen MR) is 76.2 cm³/mol. The van der Waals surface area contributed by atoms with Gasteiger partial charge in [0.2, 0.25) is 5.91 Å². The Labute approximate surface area is 118 Å². The number of furan rings is 1. The van der Waals surface area contributed by atoms with Gasteiger partial charge in [0, 0.05) is 13.2 Å². The summed E-state index contributed by atoms with van der Waals surface area (Å²) in [5.74, 6) is 0.661. The number of aromatic nitrogens is 2. The molecule has 0 aromatic carbocycles. The van der Waals surface area contributed by atoms with Crippen LogP contribution in [0.2, 0.25) is 0 Å². The maximum atomic E-state index is 12.0. The lowest BCUT2D eigenvalue weighted by Gasteiger charge is -2.14. The van der Waals surface area contributed by atoms with Crippen LogP contribution in [0.1, 0.15) is 25.3 Å². The van der Waals surface area contributed by atoms with Gasteiger partial charge in [0.05, 0.1) is 24.2 Å². The van der Waals surface area contributed by atoms with Crippen LogP contribution < -0.4 is 10.6 Å². The van der Waals surface area contributed by atoms with Gasteiger partial charge in [-0.05, 0) is 25.5 Å². The molecule has 2 rings (SSSR count). The third-order valence-electron chi connectivity index (χ3n) is 3.02. The molecule has 2 aromatic rings. The number of rotatable bonds is 6. The second-order valence-electron chi connectivity index (χ2n) is 4.68. The first-order chi connectivity index (χ1) is 9.60. The molecule has 108 valence electrons. The molecule has 0 saturated carbocycles. The van der Waals surface area contributed by atoms with Crippen LogP contribution in [-0.2, 0) is 24.8 Å². The van der Waals surface area contributed by atoms with E-state index >= 15 is 0 Å². The van der Waals surface area contributed by atoms with E-state index in [2.05, 4.69) is 15.7 Å². The van der Waals surface area contributed by atoms with Gasteiger partial charge in [0.1, 0.15) is 11.8 Å². The van der Waals surface area contributed by atoms with Crippen LogP contribution >= 0.6 is 0 Å². The molecule has 1 amide bonds. The molecule has 0 bridgehead atoms. The van der Waals surface area contributed by atoms with E-state index in [9.17, 15) is 4.79 Å². The summed E-state index contributed by atoms with van der Waals surface area (Å²) in [6, 6.07) is 3.29. The standard InChI is InChI=1S/C14H20N4O2/c1-4-12-13(9-18(3)17-12)16-10(2)14(19)15-8-11-6-5-7-20-11/h5-7,9-10,16H,4,8H2,1-3H3,(H,15,19). The molecule has 0 radical (unpaired) electrons. The molecule has 1 atom stereocenters. The van der Waals surface area contributed by atoms with Gasteiger partial charge in [0.15, 0.2) is 0 Å². The molecule has 20 heavy (non-hydrogen) atoms. The maximum absolute atomic E-state index is 12.0. The summed E-state index contributed by atoms with van der Waals surface area (Å²) in [5.41, 5.74) is 1.86. The minimum atomic E-state index is -0.334. The number of amides is 1. The second-order valence-corrected chi connectivity index (χ2v) is 4.68. The van der Waals surface area contributed by atoms with Crippen LogP contribution in [0.3, 0.4) is 0 Å². The second kappa shape index (κ2) is 6.27. The monoisotopic (exact) mass is 276 g/mol. The fraction of sp³-hybridized carbons (Fsp3) is 0.429. The molecular weight excluding hydrogens is 256 g/mol. The number of carbonyl (C=O) groups excluding carboxylic acids is 1. The molecule has 2 heterocycles. The maximum Gasteiger partial charge on any atom is 0.242 e. The van der Waals surface area contributed by atoms with Crippen LogP contribution in [0.5, 0.6) is 0 Å². The highest BCUT2D eigenvalue weighted by Gasteiger charge is 2.15. The topological polar surface area (TPSA) is 72.1 Å². The van der Waals surface area contributed by atoms with Gasteiger partial charge in [-0.25, -0.2) is 0 Å². The van der Waals surface area contributed by atoms with Crippen molar-refractivity contribution < 1.29 is 9.21 Å². The molecule has 0 spiro atoms. The first kappa shape index (κ1) is 14.2. The van der Waals surface area contributed by atoms with E-state index in [0.29, 0.717) is 6.54 Å². The van der Waals surface area contributed by atoms with Crippen molar-refractivity contribution in [2.75, 3.05) is 5.32 Å². The lowest BCUT2D eigenvalue weighted by atomic mass is 10.2. The molecule has 0 saturated heterocycles. The minimum absolute atomic E-state index is 0.0766. The Morgan fingerprint density at radius 3 is 3.00 bits per heavy atom. The predicted octanol–water partition coefficient (Wildman–Crippen LogP) is 1.69. The van der Waals surface area contributed by atoms with Crippen LogP contribution in [0.4, 0.5) is 5.69 Å². The number of aryl methyl sites for hydroxylation is 2. The highest BCUT2D eigenvalue weighted by atomic mass is 16.3. The molecule has 0 aliphatic rings. The van der Waals surface area contributed by atoms with Crippen molar-refractivity contribution in [2.24, 2.45) is 7.05 Å². The number of hydrogen-bond acceptors (Lipinski definition) is 4. The SMILES string of the molecule is CCc1nn(C)cc1NC(C)C(=O)NCc1ccco1. The van der Waals surface area contributed by atoms with Gasteiger partial charge < -0.3 is 15.1 Å². The quantitative estimate of drug-likeness (QED) is 0.842. The van der Waals surface area contributed by atoms with Gasteiger partial charge in [0.25, 0.3) is 0 Å². The van der Waals surface area contributed by atoms with Crippen molar-refractivity contribution >= 4 is 11.6 Å². The van der Waals surface area contributed by atoms with Crippen molar-refractivity contribution in [1.82, 2.24) is 15.1 Å². The number of nitrogens with zero attached hydrogens (tertiary/aromatic N) is 2. The van der Waals surface area contributed by atoms with Crippen molar-refractivity contribution in [3.8, 4) is 0 Å². The van der Waals surface area contributed by atoms with E-state index < -0.39 is 0 Å². The van der Waals surface area contributed by atoms with E-state index in [0.717, 1.165) is 23.6 Å². The summed E-state index contributed by atoms with van der Waals surface area (Å²) in [6.45, 7) is 4.25. The van der Waals surface area contributed by atoms with Gasteiger partial charge in [-0.2, -0.15) is 5.10 Å².